The maximum absolute atomic E-state index is 11.5. The molecule has 3 unspecified atom stereocenters. The van der Waals surface area contributed by atoms with E-state index in [4.69, 9.17) is 10.00 Å². The molecule has 11 aliphatic rings. The molecule has 5 N–H and O–H groups in total. The summed E-state index contributed by atoms with van der Waals surface area (Å²) in [5, 5.41) is 23.2. The van der Waals surface area contributed by atoms with Crippen LogP contribution in [0.4, 0.5) is 8.78 Å². The Kier molecular flexibility index (Phi) is 64.4. The first-order chi connectivity index (χ1) is 50.3. The first-order valence-corrected chi connectivity index (χ1v) is 45.7. The summed E-state index contributed by atoms with van der Waals surface area (Å²) in [6, 6.07) is 4.56. The average Bonchev–Trinajstić information content (AvgIpc) is 1.52. The quantitative estimate of drug-likeness (QED) is 0.181. The molecule has 0 aromatic heterocycles. The third kappa shape index (κ3) is 70.4. The van der Waals surface area contributed by atoms with Crippen molar-refractivity contribution in [3.63, 3.8) is 0 Å². The molecule has 0 aromatic carbocycles. The Morgan fingerprint density at radius 2 is 0.748 bits per heavy atom. The van der Waals surface area contributed by atoms with Crippen LogP contribution in [0.2, 0.25) is 0 Å². The van der Waals surface area contributed by atoms with Crippen molar-refractivity contribution >= 4 is 0 Å². The Morgan fingerprint density at radius 3 is 0.847 bits per heavy atom. The van der Waals surface area contributed by atoms with Crippen molar-refractivity contribution in [3.05, 3.63) is 0 Å². The first-order valence-electron chi connectivity index (χ1n) is 45.7. The lowest BCUT2D eigenvalue weighted by Gasteiger charge is -2.53. The highest BCUT2D eigenvalue weighted by atomic mass is 19.3. The van der Waals surface area contributed by atoms with Gasteiger partial charge in [-0.05, 0) is 348 Å². The molecule has 3 atom stereocenters. The number of nitrogens with zero attached hydrogens (tertiary/aromatic N) is 7. The Balaban J connectivity index is -0.000000364. The number of ether oxygens (including phenoxy) is 1. The summed E-state index contributed by atoms with van der Waals surface area (Å²) in [5.41, 5.74) is 3.22. The van der Waals surface area contributed by atoms with Gasteiger partial charge in [0.15, 0.2) is 0 Å². The van der Waals surface area contributed by atoms with Crippen molar-refractivity contribution in [2.24, 2.45) is 58.7 Å². The van der Waals surface area contributed by atoms with Crippen molar-refractivity contribution in [3.8, 4) is 6.07 Å². The minimum Gasteiger partial charge on any atom is -0.379 e. The Hall–Kier alpha value is -1.13. The minimum atomic E-state index is -2.39. The second-order valence-corrected chi connectivity index (χ2v) is 45.3. The van der Waals surface area contributed by atoms with Crippen LogP contribution >= 0.6 is 0 Å². The summed E-state index contributed by atoms with van der Waals surface area (Å²) in [6.07, 6.45) is 15.3. The second kappa shape index (κ2) is 60.4. The number of morpholine rings is 1. The van der Waals surface area contributed by atoms with Gasteiger partial charge < -0.3 is 31.3 Å². The molecule has 111 heavy (non-hydrogen) atoms. The molecule has 11 fully saturated rings. The third-order valence-electron chi connectivity index (χ3n) is 19.6. The molecule has 0 saturated carbocycles. The molecular weight excluding hydrogens is 1380 g/mol. The molecule has 11 saturated heterocycles. The van der Waals surface area contributed by atoms with Gasteiger partial charge >= 0.3 is 0 Å². The SMILES string of the molecule is C1CNC1.CC(C)(C)CC1CNC1.CC(C)(C)N1CCCC1.CC(C)(C)N1CCCC1(C)C.CC(C)(C)N1CCCCC1.CC(C)(C)N1CCOCC1.CC(C)C.CC(C)C.CC(C)C.CC(C)C.CC(C)C.CC(C)C1CNC1.CC1CC(C)N1C(C)(C)C.CC1CCN1C(C)(C)C.FC1(F)CNC1.N#CC1CNC1. The number of alkyl halides is 2. The molecule has 15 heteroatoms. The number of nitriles is 1. The maximum Gasteiger partial charge on any atom is 0.272 e. The molecule has 13 nitrogen and oxygen atoms in total. The number of nitrogens with one attached hydrogen (secondary N) is 5. The molecule has 0 spiro atoms. The Bertz CT molecular complexity index is 2030. The number of halogens is 2. The summed E-state index contributed by atoms with van der Waals surface area (Å²) in [5.74, 6) is 4.91. The maximum atomic E-state index is 11.5. The zero-order valence-electron chi connectivity index (χ0n) is 83.6. The van der Waals surface area contributed by atoms with E-state index in [1.165, 1.54) is 149 Å². The van der Waals surface area contributed by atoms with Crippen LogP contribution in [0.1, 0.15) is 368 Å². The van der Waals surface area contributed by atoms with Gasteiger partial charge in [0, 0.05) is 89.6 Å². The molecule has 11 heterocycles. The van der Waals surface area contributed by atoms with Crippen LogP contribution < -0.4 is 26.6 Å². The van der Waals surface area contributed by atoms with Gasteiger partial charge in [-0.1, -0.05) is 145 Å². The van der Waals surface area contributed by atoms with Gasteiger partial charge in [-0.3, -0.25) is 29.4 Å². The molecule has 672 valence electrons. The van der Waals surface area contributed by atoms with Crippen LogP contribution in [-0.4, -0.2) is 223 Å². The monoisotopic (exact) mass is 1580 g/mol. The Morgan fingerprint density at radius 1 is 0.414 bits per heavy atom. The smallest absolute Gasteiger partial charge is 0.272 e. The zero-order valence-corrected chi connectivity index (χ0v) is 83.6. The van der Waals surface area contributed by atoms with E-state index in [9.17, 15) is 8.78 Å². The van der Waals surface area contributed by atoms with E-state index in [1.807, 2.05) is 0 Å². The third-order valence-corrected chi connectivity index (χ3v) is 19.6. The van der Waals surface area contributed by atoms with E-state index >= 15 is 0 Å². The summed E-state index contributed by atoms with van der Waals surface area (Å²) in [4.78, 5) is 15.3. The van der Waals surface area contributed by atoms with E-state index in [0.29, 0.717) is 50.1 Å². The van der Waals surface area contributed by atoms with Gasteiger partial charge in [0.05, 0.1) is 38.3 Å². The predicted octanol–water partition coefficient (Wildman–Crippen LogP) is 22.8. The van der Waals surface area contributed by atoms with Crippen molar-refractivity contribution in [1.82, 2.24) is 56.0 Å². The van der Waals surface area contributed by atoms with E-state index in [1.54, 1.807) is 0 Å². The summed E-state index contributed by atoms with van der Waals surface area (Å²) in [6.45, 7) is 118. The second-order valence-electron chi connectivity index (χ2n) is 45.3. The van der Waals surface area contributed by atoms with Crippen molar-refractivity contribution in [2.45, 2.75) is 431 Å². The van der Waals surface area contributed by atoms with Gasteiger partial charge in [0.1, 0.15) is 0 Å². The Labute approximate surface area is 698 Å². The number of piperidine rings is 1. The molecule has 0 aromatic rings. The fraction of sp³-hybridized carbons (Fsp3) is 0.990. The molecule has 0 bridgehead atoms. The number of rotatable bonds is 2. The van der Waals surface area contributed by atoms with Crippen molar-refractivity contribution < 1.29 is 13.5 Å². The average molecular weight is 1580 g/mol. The van der Waals surface area contributed by atoms with Gasteiger partial charge in [-0.15, -0.1) is 0 Å². The van der Waals surface area contributed by atoms with Crippen LogP contribution in [0.25, 0.3) is 0 Å². The zero-order chi connectivity index (χ0) is 87.8. The van der Waals surface area contributed by atoms with Crippen LogP contribution in [0.5, 0.6) is 0 Å². The number of likely N-dealkylation sites (tertiary alicyclic amines) is 5. The lowest BCUT2D eigenvalue weighted by atomic mass is 9.82. The molecule has 0 aliphatic carbocycles. The highest BCUT2D eigenvalue weighted by molar-refractivity contribution is 4.96. The summed E-state index contributed by atoms with van der Waals surface area (Å²) in [7, 11) is 0. The van der Waals surface area contributed by atoms with Gasteiger partial charge in [-0.2, -0.15) is 5.26 Å². The molecule has 11 aliphatic heterocycles. The standard InChI is InChI=1S/C10H21N.2C9H19N.C8H17NO.3C8H17N.C6H13N.C4H6N2.5C4H10.C3H5F2N.C3H7N/c1-9(2,3)11-8-6-7-10(11,4)5;1-7-6-8(2)10(7)9(3,4)5;1-9(2,3)10-7-5-4-6-8-10;1-8(2,3)9-4-6-10-7-5-9;1-8(2,3)4-7-5-9-6-7;1-7-5-6-9(7)8(2,3)4;1-8(2,3)9-6-4-5-7-9;1-5(2)6-3-7-4-6;5-1-4-2-6-3-4;5*1-4(2)3;4-3(5)1-6-2-3;1-2-4-3-1/h6-8H2,1-5H3;7-8H,6H2,1-5H3;4-8H2,1-3H3;4-7H2,1-3H3;7,9H,4-6H2,1-3H3;7H,5-6H2,1-4H3;4-7H2,1-3H3;5-7H,3-4H2,1-2H3;4,6H,2-3H2;5*4H,1-3H3;6H,1-2H2;4H,1-3H2. The normalized spacial score (nSPS) is 22.7. The van der Waals surface area contributed by atoms with Crippen LogP contribution in [0.15, 0.2) is 0 Å². The summed E-state index contributed by atoms with van der Waals surface area (Å²) >= 11 is 0. The van der Waals surface area contributed by atoms with E-state index < -0.39 is 5.92 Å². The number of hydrogen-bond acceptors (Lipinski definition) is 13. The van der Waals surface area contributed by atoms with Crippen molar-refractivity contribution in [1.29, 1.82) is 5.26 Å². The molecule has 0 radical (unpaired) electrons. The summed E-state index contributed by atoms with van der Waals surface area (Å²) < 4.78 is 28.2. The lowest BCUT2D eigenvalue weighted by molar-refractivity contribution is -0.0476. The predicted molar refractivity (Wildman–Crippen MR) is 495 cm³/mol. The largest absolute Gasteiger partial charge is 0.379 e. The molecular formula is C96H208F2N12O. The van der Waals surface area contributed by atoms with Gasteiger partial charge in [0.25, 0.3) is 5.92 Å². The van der Waals surface area contributed by atoms with E-state index in [-0.39, 0.29) is 13.1 Å². The topological polar surface area (TPSA) is 113 Å². The van der Waals surface area contributed by atoms with Crippen molar-refractivity contribution in [2.75, 3.05) is 131 Å². The fourth-order valence-corrected chi connectivity index (χ4v) is 13.4. The first kappa shape index (κ1) is 118. The van der Waals surface area contributed by atoms with Gasteiger partial charge in [-0.25, -0.2) is 8.78 Å². The molecule has 11 rings (SSSR count). The van der Waals surface area contributed by atoms with E-state index in [0.717, 1.165) is 105 Å². The highest BCUT2D eigenvalue weighted by Gasteiger charge is 2.40. The van der Waals surface area contributed by atoms with Crippen LogP contribution in [0, 0.1) is 70.0 Å². The lowest BCUT2D eigenvalue weighted by Crippen LogP contribution is -2.61. The minimum absolute atomic E-state index is 0.132. The highest BCUT2D eigenvalue weighted by Crippen LogP contribution is 2.35. The molecule has 0 amide bonds. The number of hydrogen-bond donors (Lipinski definition) is 5. The van der Waals surface area contributed by atoms with Gasteiger partial charge in [0.2, 0.25) is 0 Å². The fourth-order valence-electron chi connectivity index (χ4n) is 13.4. The van der Waals surface area contributed by atoms with Crippen LogP contribution in [-0.2, 0) is 4.74 Å². The van der Waals surface area contributed by atoms with E-state index in [2.05, 4.69) is 360 Å². The van der Waals surface area contributed by atoms with Crippen LogP contribution in [0.3, 0.4) is 0 Å².